The molecule has 0 bridgehead atoms. The van der Waals surface area contributed by atoms with Gasteiger partial charge in [-0.1, -0.05) is 60.1 Å². The van der Waals surface area contributed by atoms with Crippen molar-refractivity contribution in [1.82, 2.24) is 0 Å². The Kier molecular flexibility index (Phi) is 4.87. The lowest BCUT2D eigenvalue weighted by atomic mass is 9.32. The van der Waals surface area contributed by atoms with Crippen molar-refractivity contribution in [2.75, 3.05) is 6.61 Å². The van der Waals surface area contributed by atoms with Crippen molar-refractivity contribution in [2.24, 2.45) is 50.2 Å². The van der Waals surface area contributed by atoms with Crippen LogP contribution in [0.3, 0.4) is 0 Å². The second-order valence-corrected chi connectivity index (χ2v) is 14.7. The normalized spacial score (nSPS) is 54.6. The molecule has 0 saturated heterocycles. The first-order chi connectivity index (χ1) is 14.8. The Bertz CT molecular complexity index is 855. The summed E-state index contributed by atoms with van der Waals surface area (Å²) in [6.07, 6.45) is 14.6. The molecule has 2 heteroatoms. The van der Waals surface area contributed by atoms with Crippen molar-refractivity contribution in [3.05, 3.63) is 11.6 Å². The Morgan fingerprint density at radius 3 is 2.19 bits per heavy atom. The van der Waals surface area contributed by atoms with Gasteiger partial charge in [0.05, 0.1) is 6.61 Å². The SMILES string of the molecule is CC1(C)C(=O)CC[C@]2(C)[C@H]3CC[C@@H]4C5=C[C@](C)(CO)CC[C@]5(C)CC[C@@]4(C)[C@]3(C)CC[C@@H]12. The first-order valence-electron chi connectivity index (χ1n) is 13.6. The molecule has 0 aromatic heterocycles. The lowest BCUT2D eigenvalue weighted by Crippen LogP contribution is -2.65. The molecule has 0 heterocycles. The van der Waals surface area contributed by atoms with Crippen LogP contribution in [0.1, 0.15) is 113 Å². The smallest absolute Gasteiger partial charge is 0.138 e. The fourth-order valence-electron chi connectivity index (χ4n) is 10.5. The Hall–Kier alpha value is -0.630. The summed E-state index contributed by atoms with van der Waals surface area (Å²) in [4.78, 5) is 12.9. The minimum absolute atomic E-state index is 0.0394. The maximum absolute atomic E-state index is 12.9. The number of allylic oxidation sites excluding steroid dienone is 1. The van der Waals surface area contributed by atoms with E-state index >= 15 is 0 Å². The fourth-order valence-corrected chi connectivity index (χ4v) is 10.5. The first kappa shape index (κ1) is 23.1. The Labute approximate surface area is 197 Å². The average Bonchev–Trinajstić information content (AvgIpc) is 2.73. The average molecular weight is 441 g/mol. The zero-order valence-corrected chi connectivity index (χ0v) is 21.9. The van der Waals surface area contributed by atoms with Gasteiger partial charge in [-0.15, -0.1) is 0 Å². The van der Waals surface area contributed by atoms with Crippen LogP contribution in [0.5, 0.6) is 0 Å². The summed E-state index contributed by atoms with van der Waals surface area (Å²) in [6.45, 7) is 17.5. The molecule has 0 aromatic carbocycles. The van der Waals surface area contributed by atoms with Crippen LogP contribution in [0.15, 0.2) is 11.6 Å². The molecule has 180 valence electrons. The molecule has 0 unspecified atom stereocenters. The van der Waals surface area contributed by atoms with Crippen LogP contribution >= 0.6 is 0 Å². The van der Waals surface area contributed by atoms with Crippen molar-refractivity contribution in [3.63, 3.8) is 0 Å². The predicted octanol–water partition coefficient (Wildman–Crippen LogP) is 7.35. The quantitative estimate of drug-likeness (QED) is 0.433. The largest absolute Gasteiger partial charge is 0.395 e. The molecule has 0 aliphatic heterocycles. The highest BCUT2D eigenvalue weighted by molar-refractivity contribution is 5.85. The molecule has 4 fully saturated rings. The number of rotatable bonds is 1. The van der Waals surface area contributed by atoms with Crippen LogP contribution in [-0.4, -0.2) is 17.5 Å². The molecule has 0 radical (unpaired) electrons. The van der Waals surface area contributed by atoms with Crippen LogP contribution in [0.25, 0.3) is 0 Å². The van der Waals surface area contributed by atoms with E-state index < -0.39 is 0 Å². The number of fused-ring (bicyclic) bond motifs is 7. The molecule has 8 atom stereocenters. The number of carbonyl (C=O) groups is 1. The van der Waals surface area contributed by atoms with E-state index in [2.05, 4.69) is 54.5 Å². The maximum atomic E-state index is 12.9. The van der Waals surface area contributed by atoms with Gasteiger partial charge in [-0.05, 0) is 97.2 Å². The summed E-state index contributed by atoms with van der Waals surface area (Å²) in [5, 5.41) is 10.2. The zero-order chi connectivity index (χ0) is 23.4. The van der Waals surface area contributed by atoms with E-state index in [4.69, 9.17) is 0 Å². The van der Waals surface area contributed by atoms with E-state index in [1.807, 2.05) is 0 Å². The molecule has 4 saturated carbocycles. The number of carbonyl (C=O) groups excluding carboxylic acids is 1. The van der Waals surface area contributed by atoms with Gasteiger partial charge in [-0.2, -0.15) is 0 Å². The summed E-state index contributed by atoms with van der Waals surface area (Å²) >= 11 is 0. The number of hydrogen-bond acceptors (Lipinski definition) is 2. The van der Waals surface area contributed by atoms with E-state index in [0.29, 0.717) is 39.3 Å². The van der Waals surface area contributed by atoms with Crippen LogP contribution in [0.2, 0.25) is 0 Å². The highest BCUT2D eigenvalue weighted by Crippen LogP contribution is 2.76. The molecule has 0 amide bonds. The second-order valence-electron chi connectivity index (χ2n) is 14.7. The summed E-state index contributed by atoms with van der Waals surface area (Å²) in [6, 6.07) is 0. The van der Waals surface area contributed by atoms with Gasteiger partial charge in [0, 0.05) is 17.3 Å². The summed E-state index contributed by atoms with van der Waals surface area (Å²) in [5.41, 5.74) is 2.80. The topological polar surface area (TPSA) is 37.3 Å². The van der Waals surface area contributed by atoms with Crippen molar-refractivity contribution in [1.29, 1.82) is 0 Å². The number of hydrogen-bond donors (Lipinski definition) is 1. The third-order valence-electron chi connectivity index (χ3n) is 13.0. The minimum Gasteiger partial charge on any atom is -0.395 e. The fraction of sp³-hybridized carbons (Fsp3) is 0.900. The molecular weight excluding hydrogens is 392 g/mol. The molecule has 0 aromatic rings. The van der Waals surface area contributed by atoms with Gasteiger partial charge in [-0.25, -0.2) is 0 Å². The van der Waals surface area contributed by atoms with Gasteiger partial charge in [-0.3, -0.25) is 4.79 Å². The van der Waals surface area contributed by atoms with E-state index in [1.54, 1.807) is 5.57 Å². The molecule has 2 nitrogen and oxygen atoms in total. The number of aliphatic hydroxyl groups excluding tert-OH is 1. The van der Waals surface area contributed by atoms with Gasteiger partial charge in [0.2, 0.25) is 0 Å². The molecule has 5 aliphatic rings. The lowest BCUT2D eigenvalue weighted by Gasteiger charge is -2.72. The van der Waals surface area contributed by atoms with Crippen molar-refractivity contribution in [3.8, 4) is 0 Å². The van der Waals surface area contributed by atoms with Gasteiger partial charge >= 0.3 is 0 Å². The molecule has 5 rings (SSSR count). The summed E-state index contributed by atoms with van der Waals surface area (Å²) < 4.78 is 0. The molecule has 5 aliphatic carbocycles. The van der Waals surface area contributed by atoms with Crippen LogP contribution in [0, 0.1) is 50.2 Å². The number of ketones is 1. The van der Waals surface area contributed by atoms with Crippen LogP contribution in [0.4, 0.5) is 0 Å². The lowest BCUT2D eigenvalue weighted by molar-refractivity contribution is -0.211. The van der Waals surface area contributed by atoms with Crippen LogP contribution < -0.4 is 0 Å². The highest BCUT2D eigenvalue weighted by Gasteiger charge is 2.68. The molecule has 0 spiro atoms. The highest BCUT2D eigenvalue weighted by atomic mass is 16.3. The third kappa shape index (κ3) is 2.71. The Balaban J connectivity index is 1.57. The van der Waals surface area contributed by atoms with Gasteiger partial charge in [0.25, 0.3) is 0 Å². The third-order valence-corrected chi connectivity index (χ3v) is 13.0. The molecule has 32 heavy (non-hydrogen) atoms. The number of Topliss-reactive ketones (excluding diaryl/α,β-unsaturated/α-hetero) is 1. The van der Waals surface area contributed by atoms with Crippen LogP contribution in [-0.2, 0) is 4.79 Å². The maximum Gasteiger partial charge on any atom is 0.138 e. The van der Waals surface area contributed by atoms with E-state index in [-0.39, 0.29) is 17.4 Å². The van der Waals surface area contributed by atoms with Gasteiger partial charge < -0.3 is 5.11 Å². The predicted molar refractivity (Wildman–Crippen MR) is 131 cm³/mol. The molecular formula is C30H48O2. The zero-order valence-electron chi connectivity index (χ0n) is 21.9. The van der Waals surface area contributed by atoms with E-state index in [1.165, 1.54) is 44.9 Å². The monoisotopic (exact) mass is 440 g/mol. The minimum atomic E-state index is -0.161. The first-order valence-corrected chi connectivity index (χ1v) is 13.6. The number of aliphatic hydroxyl groups is 1. The van der Waals surface area contributed by atoms with Gasteiger partial charge in [0.15, 0.2) is 0 Å². The van der Waals surface area contributed by atoms with Crippen molar-refractivity contribution >= 4 is 5.78 Å². The van der Waals surface area contributed by atoms with Crippen molar-refractivity contribution < 1.29 is 9.90 Å². The molecule has 1 N–H and O–H groups in total. The van der Waals surface area contributed by atoms with E-state index in [9.17, 15) is 9.90 Å². The Morgan fingerprint density at radius 1 is 0.812 bits per heavy atom. The standard InChI is InChI=1S/C30H48O2/c1-25(2)22-10-13-30(7)23(28(22,5)12-11-24(25)32)9-8-20-21-18-26(3,19-31)14-15-27(21,4)16-17-29(20,30)6/h18,20,22-23,31H,8-17,19H2,1-7H3/t20-,22+,23-,26-,27-,28+,29-,30-/m1/s1. The summed E-state index contributed by atoms with van der Waals surface area (Å²) in [7, 11) is 0. The van der Waals surface area contributed by atoms with E-state index in [0.717, 1.165) is 25.2 Å². The second kappa shape index (κ2) is 6.73. The van der Waals surface area contributed by atoms with Crippen molar-refractivity contribution in [2.45, 2.75) is 113 Å². The summed E-state index contributed by atoms with van der Waals surface area (Å²) in [5.74, 6) is 2.43. The van der Waals surface area contributed by atoms with Gasteiger partial charge in [0.1, 0.15) is 5.78 Å². The Morgan fingerprint density at radius 2 is 1.50 bits per heavy atom.